The van der Waals surface area contributed by atoms with Crippen LogP contribution in [-0.4, -0.2) is 24.4 Å². The molecule has 2 rings (SSSR count). The van der Waals surface area contributed by atoms with E-state index in [1.165, 1.54) is 10.8 Å². The zero-order valence-corrected chi connectivity index (χ0v) is 12.7. The number of nitrogens with zero attached hydrogens (tertiary/aromatic N) is 4. The number of pyridine rings is 1. The molecule has 6 nitrogen and oxygen atoms in total. The Hall–Kier alpha value is -1.77. The first-order valence-corrected chi connectivity index (χ1v) is 7.46. The van der Waals surface area contributed by atoms with E-state index in [0.29, 0.717) is 5.82 Å². The molecule has 2 heterocycles. The van der Waals surface area contributed by atoms with Crippen LogP contribution in [-0.2, 0) is 7.05 Å². The van der Waals surface area contributed by atoms with Crippen LogP contribution in [0.4, 0.5) is 5.82 Å². The van der Waals surface area contributed by atoms with E-state index in [1.807, 2.05) is 17.1 Å². The number of halogens is 1. The van der Waals surface area contributed by atoms with Crippen LogP contribution in [0.25, 0.3) is 12.2 Å². The van der Waals surface area contributed by atoms with E-state index in [2.05, 4.69) is 32.6 Å². The fourth-order valence-corrected chi connectivity index (χ4v) is 1.38. The molecular weight excluding hydrogens is 359 g/mol. The van der Waals surface area contributed by atoms with Gasteiger partial charge in [-0.1, -0.05) is 28.7 Å². The van der Waals surface area contributed by atoms with Crippen molar-refractivity contribution in [2.75, 3.05) is 4.93 Å². The van der Waals surface area contributed by atoms with Gasteiger partial charge in [-0.2, -0.15) is 0 Å². The summed E-state index contributed by atoms with van der Waals surface area (Å²) in [7, 11) is 1.61. The van der Waals surface area contributed by atoms with Gasteiger partial charge in [0.15, 0.2) is 0 Å². The number of alkyl halides is 1. The Balaban J connectivity index is 0.000000861. The number of hydrogen-bond acceptors (Lipinski definition) is 4. The van der Waals surface area contributed by atoms with Gasteiger partial charge in [-0.3, -0.25) is 4.98 Å². The van der Waals surface area contributed by atoms with Gasteiger partial charge in [0.25, 0.3) is 0 Å². The molecule has 0 bridgehead atoms. The van der Waals surface area contributed by atoms with E-state index in [9.17, 15) is 10.1 Å². The van der Waals surface area contributed by atoms with Crippen LogP contribution in [0.15, 0.2) is 30.7 Å². The number of imidazole rings is 1. The predicted molar refractivity (Wildman–Crippen MR) is 83.0 cm³/mol. The fourth-order valence-electron chi connectivity index (χ4n) is 1.38. The van der Waals surface area contributed by atoms with Crippen molar-refractivity contribution < 1.29 is 4.92 Å². The molecule has 0 aliphatic heterocycles. The van der Waals surface area contributed by atoms with Crippen molar-refractivity contribution >= 4 is 40.6 Å². The highest BCUT2D eigenvalue weighted by atomic mass is 127. The van der Waals surface area contributed by atoms with Crippen molar-refractivity contribution in [1.82, 2.24) is 14.5 Å². The van der Waals surface area contributed by atoms with E-state index in [4.69, 9.17) is 0 Å². The number of rotatable bonds is 3. The second kappa shape index (κ2) is 7.62. The molecule has 0 atom stereocenters. The summed E-state index contributed by atoms with van der Waals surface area (Å²) in [5, 5.41) is 10.6. The highest BCUT2D eigenvalue weighted by Gasteiger charge is 2.13. The van der Waals surface area contributed by atoms with Gasteiger partial charge in [0.1, 0.15) is 6.20 Å². The Kier molecular flexibility index (Phi) is 6.13. The molecule has 0 radical (unpaired) electrons. The van der Waals surface area contributed by atoms with Crippen molar-refractivity contribution in [3.8, 4) is 0 Å². The Morgan fingerprint density at radius 3 is 2.63 bits per heavy atom. The van der Waals surface area contributed by atoms with Crippen molar-refractivity contribution in [3.05, 3.63) is 52.2 Å². The normalized spacial score (nSPS) is 10.1. The minimum Gasteiger partial charge on any atom is -0.358 e. The summed E-state index contributed by atoms with van der Waals surface area (Å²) in [4.78, 5) is 20.1. The summed E-state index contributed by atoms with van der Waals surface area (Å²) >= 11 is 2.15. The van der Waals surface area contributed by atoms with Crippen LogP contribution in [0.1, 0.15) is 11.4 Å². The third-order valence-corrected chi connectivity index (χ3v) is 2.30. The molecule has 0 fully saturated rings. The van der Waals surface area contributed by atoms with Crippen molar-refractivity contribution in [2.45, 2.75) is 0 Å². The van der Waals surface area contributed by atoms with E-state index in [0.717, 1.165) is 5.56 Å². The predicted octanol–water partition coefficient (Wildman–Crippen LogP) is 2.94. The van der Waals surface area contributed by atoms with Gasteiger partial charge in [0, 0.05) is 18.5 Å². The van der Waals surface area contributed by atoms with Crippen molar-refractivity contribution in [3.63, 3.8) is 0 Å². The highest BCUT2D eigenvalue weighted by Crippen LogP contribution is 2.13. The Morgan fingerprint density at radius 2 is 2.11 bits per heavy atom. The smallest absolute Gasteiger partial charge is 0.342 e. The van der Waals surface area contributed by atoms with Gasteiger partial charge < -0.3 is 10.1 Å². The van der Waals surface area contributed by atoms with Gasteiger partial charge >= 0.3 is 5.82 Å². The summed E-state index contributed by atoms with van der Waals surface area (Å²) in [6, 6.07) is 3.71. The maximum absolute atomic E-state index is 10.6. The zero-order chi connectivity index (χ0) is 14.3. The molecule has 0 N–H and O–H groups in total. The van der Waals surface area contributed by atoms with Crippen LogP contribution in [0.3, 0.4) is 0 Å². The Morgan fingerprint density at radius 1 is 1.37 bits per heavy atom. The van der Waals surface area contributed by atoms with Gasteiger partial charge in [-0.15, -0.1) is 0 Å². The number of aromatic nitrogens is 3. The zero-order valence-electron chi connectivity index (χ0n) is 10.5. The summed E-state index contributed by atoms with van der Waals surface area (Å²) < 4.78 is 1.42. The molecular formula is C12H13IN4O2. The van der Waals surface area contributed by atoms with E-state index >= 15 is 0 Å². The minimum atomic E-state index is -0.464. The Labute approximate surface area is 124 Å². The highest BCUT2D eigenvalue weighted by molar-refractivity contribution is 14.1. The third-order valence-electron chi connectivity index (χ3n) is 2.30. The van der Waals surface area contributed by atoms with E-state index in [-0.39, 0.29) is 5.82 Å². The molecule has 2 aromatic heterocycles. The van der Waals surface area contributed by atoms with Gasteiger partial charge in [-0.25, -0.2) is 9.55 Å². The summed E-state index contributed by atoms with van der Waals surface area (Å²) in [5.74, 6) is 0.497. The molecule has 7 heteroatoms. The monoisotopic (exact) mass is 372 g/mol. The first-order chi connectivity index (χ1) is 9.18. The summed E-state index contributed by atoms with van der Waals surface area (Å²) in [5.41, 5.74) is 0.915. The van der Waals surface area contributed by atoms with Gasteiger partial charge in [-0.05, 0) is 27.6 Å². The van der Waals surface area contributed by atoms with Crippen LogP contribution in [0.2, 0.25) is 0 Å². The maximum Gasteiger partial charge on any atom is 0.342 e. The molecule has 19 heavy (non-hydrogen) atoms. The molecule has 0 unspecified atom stereocenters. The maximum atomic E-state index is 10.6. The lowest BCUT2D eigenvalue weighted by Gasteiger charge is -1.94. The van der Waals surface area contributed by atoms with Gasteiger partial charge in [0.05, 0.1) is 7.05 Å². The average molecular weight is 372 g/mol. The molecule has 0 aromatic carbocycles. The van der Waals surface area contributed by atoms with Crippen LogP contribution >= 0.6 is 22.6 Å². The molecule has 0 saturated heterocycles. The lowest BCUT2D eigenvalue weighted by molar-refractivity contribution is -0.391. The van der Waals surface area contributed by atoms with Crippen LogP contribution in [0, 0.1) is 10.1 Å². The molecule has 2 aromatic rings. The standard InChI is InChI=1S/C11H10N4O2.CH3I/c1-14-10(13-8-11(14)15(16)17)5-4-9-3-2-6-12-7-9;1-2/h2-8H,1H3;1H3. The molecule has 0 aliphatic carbocycles. The topological polar surface area (TPSA) is 73.8 Å². The average Bonchev–Trinajstić information content (AvgIpc) is 2.81. The second-order valence-electron chi connectivity index (χ2n) is 3.41. The van der Waals surface area contributed by atoms with Crippen molar-refractivity contribution in [1.29, 1.82) is 0 Å². The minimum absolute atomic E-state index is 0.0316. The largest absolute Gasteiger partial charge is 0.358 e. The summed E-state index contributed by atoms with van der Waals surface area (Å²) in [6.07, 6.45) is 8.14. The van der Waals surface area contributed by atoms with Crippen LogP contribution in [0.5, 0.6) is 0 Å². The third kappa shape index (κ3) is 4.12. The van der Waals surface area contributed by atoms with E-state index < -0.39 is 4.92 Å². The first-order valence-electron chi connectivity index (χ1n) is 5.30. The number of nitro groups is 1. The SMILES string of the molecule is CI.Cn1c([N+](=O)[O-])cnc1C=Cc1cccnc1. The quantitative estimate of drug-likeness (QED) is 0.359. The van der Waals surface area contributed by atoms with Crippen LogP contribution < -0.4 is 0 Å². The first kappa shape index (κ1) is 15.3. The Bertz CT molecular complexity index is 566. The molecule has 0 saturated carbocycles. The van der Waals surface area contributed by atoms with E-state index in [1.54, 1.807) is 31.6 Å². The lowest BCUT2D eigenvalue weighted by Crippen LogP contribution is -1.98. The second-order valence-corrected chi connectivity index (χ2v) is 3.41. The molecule has 0 spiro atoms. The summed E-state index contributed by atoms with van der Waals surface area (Å²) in [6.45, 7) is 0. The van der Waals surface area contributed by atoms with Gasteiger partial charge in [0.2, 0.25) is 5.82 Å². The fraction of sp³-hybridized carbons (Fsp3) is 0.167. The van der Waals surface area contributed by atoms with Crippen molar-refractivity contribution in [2.24, 2.45) is 7.05 Å². The molecule has 100 valence electrons. The number of hydrogen-bond donors (Lipinski definition) is 0. The molecule has 0 amide bonds. The lowest BCUT2D eigenvalue weighted by atomic mass is 10.2. The molecule has 0 aliphatic rings.